The van der Waals surface area contributed by atoms with Crippen molar-refractivity contribution in [3.8, 4) is 0 Å². The van der Waals surface area contributed by atoms with Gasteiger partial charge in [0.15, 0.2) is 5.96 Å². The van der Waals surface area contributed by atoms with E-state index in [4.69, 9.17) is 9.73 Å². The predicted molar refractivity (Wildman–Crippen MR) is 94.1 cm³/mol. The third-order valence-electron chi connectivity index (χ3n) is 4.98. The molecule has 2 aliphatic heterocycles. The zero-order valence-corrected chi connectivity index (χ0v) is 15.2. The molecule has 1 saturated heterocycles. The minimum absolute atomic E-state index is 0.559. The molecule has 3 heterocycles. The van der Waals surface area contributed by atoms with E-state index in [9.17, 15) is 0 Å². The van der Waals surface area contributed by atoms with Gasteiger partial charge in [0.05, 0.1) is 6.61 Å². The number of hydrogen-bond donors (Lipinski definition) is 1. The number of nitrogens with one attached hydrogen (secondary N) is 1. The maximum Gasteiger partial charge on any atom is 0.193 e. The highest BCUT2D eigenvalue weighted by Gasteiger charge is 2.22. The van der Waals surface area contributed by atoms with Crippen LogP contribution in [0.3, 0.4) is 0 Å². The summed E-state index contributed by atoms with van der Waals surface area (Å²) >= 11 is 0. The molecular weight excluding hydrogens is 304 g/mol. The highest BCUT2D eigenvalue weighted by molar-refractivity contribution is 5.79. The zero-order chi connectivity index (χ0) is 16.9. The van der Waals surface area contributed by atoms with Crippen molar-refractivity contribution in [1.82, 2.24) is 25.0 Å². The molecule has 2 aliphatic rings. The van der Waals surface area contributed by atoms with Crippen LogP contribution in [0.2, 0.25) is 0 Å². The second kappa shape index (κ2) is 7.96. The van der Waals surface area contributed by atoms with Crippen LogP contribution >= 0.6 is 0 Å². The molecule has 3 rings (SSSR count). The van der Waals surface area contributed by atoms with E-state index in [2.05, 4.69) is 39.0 Å². The normalized spacial score (nSPS) is 24.0. The van der Waals surface area contributed by atoms with Crippen molar-refractivity contribution < 1.29 is 4.74 Å². The maximum absolute atomic E-state index is 5.49. The van der Waals surface area contributed by atoms with Gasteiger partial charge in [0.2, 0.25) is 0 Å². The molecule has 0 aliphatic carbocycles. The molecule has 0 bridgehead atoms. The summed E-state index contributed by atoms with van der Waals surface area (Å²) in [6.45, 7) is 9.66. The number of nitrogens with zero attached hydrogens (tertiary/aromatic N) is 5. The van der Waals surface area contributed by atoms with Crippen molar-refractivity contribution in [3.05, 3.63) is 11.6 Å². The Labute approximate surface area is 144 Å². The lowest BCUT2D eigenvalue weighted by molar-refractivity contribution is 0.181. The lowest BCUT2D eigenvalue weighted by Crippen LogP contribution is -2.42. The fourth-order valence-electron chi connectivity index (χ4n) is 3.57. The van der Waals surface area contributed by atoms with E-state index in [-0.39, 0.29) is 0 Å². The number of ether oxygens (including phenoxy) is 1. The number of aromatic nitrogens is 3. The van der Waals surface area contributed by atoms with Crippen LogP contribution < -0.4 is 5.32 Å². The number of aryl methyl sites for hydroxylation is 2. The van der Waals surface area contributed by atoms with Gasteiger partial charge in [0, 0.05) is 52.2 Å². The smallest absolute Gasteiger partial charge is 0.193 e. The lowest BCUT2D eigenvalue weighted by atomic mass is 9.99. The summed E-state index contributed by atoms with van der Waals surface area (Å²) < 4.78 is 7.73. The zero-order valence-electron chi connectivity index (χ0n) is 15.2. The first-order chi connectivity index (χ1) is 11.7. The van der Waals surface area contributed by atoms with Crippen LogP contribution in [0.4, 0.5) is 0 Å². The van der Waals surface area contributed by atoms with Crippen molar-refractivity contribution in [2.45, 2.75) is 39.7 Å². The molecule has 0 aromatic carbocycles. The first-order valence-electron chi connectivity index (χ1n) is 9.13. The average Bonchev–Trinajstić information content (AvgIpc) is 3.21. The molecule has 0 amide bonds. The van der Waals surface area contributed by atoms with Crippen molar-refractivity contribution in [2.75, 3.05) is 39.9 Å². The minimum atomic E-state index is 0.559. The van der Waals surface area contributed by atoms with Crippen molar-refractivity contribution in [2.24, 2.45) is 16.8 Å². The summed E-state index contributed by atoms with van der Waals surface area (Å²) in [5.41, 5.74) is 0. The lowest BCUT2D eigenvalue weighted by Gasteiger charge is -2.26. The van der Waals surface area contributed by atoms with Crippen LogP contribution in [0.25, 0.3) is 0 Å². The fraction of sp³-hybridized carbons (Fsp3) is 0.824. The molecule has 1 N–H and O–H groups in total. The summed E-state index contributed by atoms with van der Waals surface area (Å²) in [5.74, 6) is 4.33. The highest BCUT2D eigenvalue weighted by atomic mass is 16.5. The van der Waals surface area contributed by atoms with Gasteiger partial charge in [-0.25, -0.2) is 0 Å². The Hall–Kier alpha value is -1.63. The van der Waals surface area contributed by atoms with Gasteiger partial charge < -0.3 is 19.5 Å². The summed E-state index contributed by atoms with van der Waals surface area (Å²) in [4.78, 5) is 7.15. The molecule has 1 aromatic heterocycles. The Morgan fingerprint density at radius 1 is 1.38 bits per heavy atom. The van der Waals surface area contributed by atoms with Gasteiger partial charge in [-0.15, -0.1) is 10.2 Å². The summed E-state index contributed by atoms with van der Waals surface area (Å²) in [6.07, 6.45) is 3.30. The van der Waals surface area contributed by atoms with Crippen LogP contribution in [-0.4, -0.2) is 65.5 Å². The quantitative estimate of drug-likeness (QED) is 0.645. The van der Waals surface area contributed by atoms with Crippen molar-refractivity contribution >= 4 is 5.96 Å². The van der Waals surface area contributed by atoms with E-state index < -0.39 is 0 Å². The molecule has 7 heteroatoms. The SMILES string of the molecule is CCNC(=NCC1CCc2nnc(C)n2C1)N(C)CC1CCOC1. The molecule has 2 atom stereocenters. The Kier molecular flexibility index (Phi) is 5.71. The van der Waals surface area contributed by atoms with Gasteiger partial charge in [0.1, 0.15) is 11.6 Å². The van der Waals surface area contributed by atoms with E-state index in [0.717, 1.165) is 76.3 Å². The number of fused-ring (bicyclic) bond motifs is 1. The van der Waals surface area contributed by atoms with Crippen LogP contribution in [0, 0.1) is 18.8 Å². The number of guanidine groups is 1. The standard InChI is InChI=1S/C17H30N6O/c1-4-18-17(22(3)10-15-7-8-24-12-15)19-9-14-5-6-16-21-20-13(2)23(16)11-14/h14-15H,4-12H2,1-3H3,(H,18,19). The van der Waals surface area contributed by atoms with E-state index in [0.29, 0.717) is 11.8 Å². The molecule has 2 unspecified atom stereocenters. The van der Waals surface area contributed by atoms with E-state index in [1.54, 1.807) is 0 Å². The molecule has 1 aromatic rings. The highest BCUT2D eigenvalue weighted by Crippen LogP contribution is 2.20. The molecule has 7 nitrogen and oxygen atoms in total. The molecule has 0 radical (unpaired) electrons. The molecule has 134 valence electrons. The monoisotopic (exact) mass is 334 g/mol. The van der Waals surface area contributed by atoms with Crippen LogP contribution in [0.15, 0.2) is 4.99 Å². The topological polar surface area (TPSA) is 67.6 Å². The molecule has 24 heavy (non-hydrogen) atoms. The summed E-state index contributed by atoms with van der Waals surface area (Å²) in [6, 6.07) is 0. The van der Waals surface area contributed by atoms with E-state index in [1.165, 1.54) is 0 Å². The van der Waals surface area contributed by atoms with Gasteiger partial charge in [-0.1, -0.05) is 0 Å². The first kappa shape index (κ1) is 17.2. The molecule has 1 fully saturated rings. The van der Waals surface area contributed by atoms with Crippen molar-refractivity contribution in [3.63, 3.8) is 0 Å². The first-order valence-corrected chi connectivity index (χ1v) is 9.13. The second-order valence-corrected chi connectivity index (χ2v) is 6.98. The van der Waals surface area contributed by atoms with Crippen molar-refractivity contribution in [1.29, 1.82) is 0 Å². The predicted octanol–water partition coefficient (Wildman–Crippen LogP) is 1.08. The maximum atomic E-state index is 5.49. The van der Waals surface area contributed by atoms with E-state index in [1.807, 2.05) is 6.92 Å². The minimum Gasteiger partial charge on any atom is -0.381 e. The third-order valence-corrected chi connectivity index (χ3v) is 4.98. The van der Waals surface area contributed by atoms with Crippen LogP contribution in [0.1, 0.15) is 31.4 Å². The van der Waals surface area contributed by atoms with Crippen LogP contribution in [0.5, 0.6) is 0 Å². The van der Waals surface area contributed by atoms with Gasteiger partial charge in [-0.05, 0) is 32.6 Å². The van der Waals surface area contributed by atoms with Gasteiger partial charge in [-0.3, -0.25) is 4.99 Å². The van der Waals surface area contributed by atoms with Gasteiger partial charge in [0.25, 0.3) is 0 Å². The largest absolute Gasteiger partial charge is 0.381 e. The average molecular weight is 334 g/mol. The second-order valence-electron chi connectivity index (χ2n) is 6.98. The Bertz CT molecular complexity index is 563. The molecular formula is C17H30N6O. The Balaban J connectivity index is 1.58. The van der Waals surface area contributed by atoms with Gasteiger partial charge >= 0.3 is 0 Å². The van der Waals surface area contributed by atoms with Gasteiger partial charge in [-0.2, -0.15) is 0 Å². The van der Waals surface area contributed by atoms with E-state index >= 15 is 0 Å². The number of aliphatic imine (C=N–C) groups is 1. The summed E-state index contributed by atoms with van der Waals surface area (Å²) in [5, 5.41) is 11.9. The third kappa shape index (κ3) is 4.06. The fourth-order valence-corrected chi connectivity index (χ4v) is 3.57. The Morgan fingerprint density at radius 2 is 2.25 bits per heavy atom. The molecule has 0 spiro atoms. The molecule has 0 saturated carbocycles. The number of hydrogen-bond acceptors (Lipinski definition) is 4. The number of rotatable bonds is 5. The summed E-state index contributed by atoms with van der Waals surface area (Å²) in [7, 11) is 2.13. The Morgan fingerprint density at radius 3 is 3.00 bits per heavy atom. The van der Waals surface area contributed by atoms with Crippen LogP contribution in [-0.2, 0) is 17.7 Å².